The largest absolute Gasteiger partial charge is 0.408 e. The molecule has 0 radical (unpaired) electrons. The van der Waals surface area contributed by atoms with E-state index >= 15 is 4.39 Å². The van der Waals surface area contributed by atoms with Gasteiger partial charge in [0.1, 0.15) is 11.9 Å². The van der Waals surface area contributed by atoms with Crippen molar-refractivity contribution in [3.8, 4) is 11.9 Å². The van der Waals surface area contributed by atoms with E-state index in [4.69, 9.17) is 0 Å². The molecule has 3 aromatic heterocycles. The molecule has 0 aliphatic carbocycles. The number of nitrogens with zero attached hydrogens (tertiary/aromatic N) is 6. The van der Waals surface area contributed by atoms with E-state index in [0.29, 0.717) is 15.1 Å². The number of pyridine rings is 1. The van der Waals surface area contributed by atoms with Crippen LogP contribution in [0, 0.1) is 17.1 Å². The molecule has 5 rings (SSSR count). The zero-order chi connectivity index (χ0) is 27.2. The van der Waals surface area contributed by atoms with Crippen molar-refractivity contribution in [1.29, 1.82) is 5.26 Å². The molecular weight excluding hydrogens is 504 g/mol. The summed E-state index contributed by atoms with van der Waals surface area (Å²) >= 11 is 0. The highest BCUT2D eigenvalue weighted by Crippen LogP contribution is 2.27. The van der Waals surface area contributed by atoms with Gasteiger partial charge in [0.15, 0.2) is 17.3 Å². The van der Waals surface area contributed by atoms with E-state index in [0.717, 1.165) is 42.9 Å². The number of nitrogens with one attached hydrogen (secondary N) is 2. The number of rotatable bonds is 5. The lowest BCUT2D eigenvalue weighted by Crippen LogP contribution is -2.31. The molecule has 1 aromatic carbocycles. The van der Waals surface area contributed by atoms with Crippen molar-refractivity contribution in [3.05, 3.63) is 69.5 Å². The number of fused-ring (bicyclic) bond motifs is 2. The van der Waals surface area contributed by atoms with Gasteiger partial charge in [0.25, 0.3) is 5.56 Å². The Morgan fingerprint density at radius 2 is 1.95 bits per heavy atom. The van der Waals surface area contributed by atoms with Crippen LogP contribution in [0.15, 0.2) is 41.3 Å². The minimum Gasteiger partial charge on any atom is -0.324 e. The van der Waals surface area contributed by atoms with Gasteiger partial charge in [0, 0.05) is 18.4 Å². The molecule has 4 aromatic rings. The van der Waals surface area contributed by atoms with Crippen LogP contribution in [-0.4, -0.2) is 37.0 Å². The van der Waals surface area contributed by atoms with E-state index in [1.807, 2.05) is 24.3 Å². The second-order valence-corrected chi connectivity index (χ2v) is 9.49. The van der Waals surface area contributed by atoms with Gasteiger partial charge in [0.05, 0.1) is 17.2 Å². The zero-order valence-corrected chi connectivity index (χ0v) is 20.4. The van der Waals surface area contributed by atoms with Gasteiger partial charge >= 0.3 is 6.18 Å². The average molecular weight is 526 g/mol. The van der Waals surface area contributed by atoms with E-state index in [9.17, 15) is 23.2 Å². The van der Waals surface area contributed by atoms with Crippen LogP contribution in [-0.2, 0) is 24.9 Å². The normalized spacial score (nSPS) is 13.8. The molecule has 13 heteroatoms. The summed E-state index contributed by atoms with van der Waals surface area (Å²) in [5, 5.41) is 15.5. The highest BCUT2D eigenvalue weighted by Gasteiger charge is 2.33. The first kappa shape index (κ1) is 25.3. The Morgan fingerprint density at radius 1 is 1.16 bits per heavy atom. The number of alkyl halides is 3. The number of aromatic nitrogens is 5. The number of anilines is 2. The van der Waals surface area contributed by atoms with Crippen LogP contribution in [0.3, 0.4) is 0 Å². The lowest BCUT2D eigenvalue weighted by atomic mass is 9.91. The molecule has 0 saturated carbocycles. The van der Waals surface area contributed by atoms with Gasteiger partial charge in [-0.3, -0.25) is 4.79 Å². The first-order chi connectivity index (χ1) is 18.0. The summed E-state index contributed by atoms with van der Waals surface area (Å²) in [5.74, 6) is -1.59. The third kappa shape index (κ3) is 4.70. The summed E-state index contributed by atoms with van der Waals surface area (Å²) in [6, 6.07) is 9.98. The highest BCUT2D eigenvalue weighted by atomic mass is 19.4. The van der Waals surface area contributed by atoms with Gasteiger partial charge in [0.2, 0.25) is 5.95 Å². The maximum Gasteiger partial charge on any atom is 0.408 e. The summed E-state index contributed by atoms with van der Waals surface area (Å²) in [4.78, 5) is 25.6. The molecule has 0 amide bonds. The minimum atomic E-state index is -4.80. The molecule has 196 valence electrons. The Morgan fingerprint density at radius 3 is 2.68 bits per heavy atom. The Labute approximate surface area is 213 Å². The Hall–Kier alpha value is -4.31. The Kier molecular flexibility index (Phi) is 6.15. The van der Waals surface area contributed by atoms with Crippen molar-refractivity contribution in [3.63, 3.8) is 0 Å². The fourth-order valence-corrected chi connectivity index (χ4v) is 4.29. The van der Waals surface area contributed by atoms with Gasteiger partial charge in [-0.1, -0.05) is 6.07 Å². The quantitative estimate of drug-likeness (QED) is 0.380. The van der Waals surface area contributed by atoms with E-state index in [1.54, 1.807) is 0 Å². The number of nitriles is 1. The van der Waals surface area contributed by atoms with E-state index in [2.05, 4.69) is 25.6 Å². The zero-order valence-electron chi connectivity index (χ0n) is 20.4. The van der Waals surface area contributed by atoms with Crippen LogP contribution in [0.2, 0.25) is 0 Å². The third-order valence-electron chi connectivity index (χ3n) is 6.30. The molecule has 0 bridgehead atoms. The fraction of sp³-hybridized carbons (Fsp3) is 0.320. The Bertz CT molecular complexity index is 1650. The molecule has 0 saturated heterocycles. The summed E-state index contributed by atoms with van der Waals surface area (Å²) in [5.41, 5.74) is 0.540. The van der Waals surface area contributed by atoms with Gasteiger partial charge in [-0.05, 0) is 62.2 Å². The van der Waals surface area contributed by atoms with Gasteiger partial charge in [-0.25, -0.2) is 23.7 Å². The maximum absolute atomic E-state index is 15.1. The first-order valence-corrected chi connectivity index (χ1v) is 11.7. The second kappa shape index (κ2) is 9.21. The van der Waals surface area contributed by atoms with E-state index < -0.39 is 35.3 Å². The Balaban J connectivity index is 1.68. The average Bonchev–Trinajstić information content (AvgIpc) is 3.13. The van der Waals surface area contributed by atoms with Crippen LogP contribution in [0.4, 0.5) is 29.2 Å². The smallest absolute Gasteiger partial charge is 0.324 e. The van der Waals surface area contributed by atoms with Gasteiger partial charge in [-0.15, -0.1) is 0 Å². The van der Waals surface area contributed by atoms with Crippen LogP contribution >= 0.6 is 0 Å². The topological polar surface area (TPSA) is 113 Å². The first-order valence-electron chi connectivity index (χ1n) is 11.7. The molecule has 9 nitrogen and oxygen atoms in total. The van der Waals surface area contributed by atoms with Crippen molar-refractivity contribution in [2.24, 2.45) is 0 Å². The molecular formula is C25H22F4N8O. The predicted molar refractivity (Wildman–Crippen MR) is 131 cm³/mol. The van der Waals surface area contributed by atoms with Crippen LogP contribution < -0.4 is 16.2 Å². The SMILES string of the molecule is CC(C)(C#N)c1ccc(F)c(-n2c3nc(Nc4ccc5c(c4)CCNC5)ncc3c(=O)n2CC(F)(F)F)n1. The minimum absolute atomic E-state index is 0.00166. The lowest BCUT2D eigenvalue weighted by Gasteiger charge is -2.19. The monoisotopic (exact) mass is 526 g/mol. The maximum atomic E-state index is 15.1. The number of hydrogen-bond acceptors (Lipinski definition) is 7. The molecule has 0 fully saturated rings. The summed E-state index contributed by atoms with van der Waals surface area (Å²) in [6.45, 7) is 2.94. The number of hydrogen-bond donors (Lipinski definition) is 2. The molecule has 0 unspecified atom stereocenters. The summed E-state index contributed by atoms with van der Waals surface area (Å²) in [7, 11) is 0. The third-order valence-corrected chi connectivity index (χ3v) is 6.30. The van der Waals surface area contributed by atoms with E-state index in [-0.39, 0.29) is 22.7 Å². The molecule has 1 aliphatic heterocycles. The molecule has 2 N–H and O–H groups in total. The highest BCUT2D eigenvalue weighted by molar-refractivity contribution is 5.77. The summed E-state index contributed by atoms with van der Waals surface area (Å²) in [6.07, 6.45) is -2.88. The summed E-state index contributed by atoms with van der Waals surface area (Å²) < 4.78 is 56.6. The number of benzene rings is 1. The van der Waals surface area contributed by atoms with Gasteiger partial charge < -0.3 is 10.6 Å². The van der Waals surface area contributed by atoms with Crippen molar-refractivity contribution in [1.82, 2.24) is 29.6 Å². The molecule has 38 heavy (non-hydrogen) atoms. The standard InChI is InChI=1S/C25H22F4N8O/c1-24(2,12-30)19-6-5-18(26)21(34-19)37-20-17(22(38)36(37)13-25(27,28)29)11-32-23(35-20)33-16-4-3-15-10-31-8-7-14(15)9-16/h3-6,9,11,31H,7-8,10,13H2,1-2H3,(H,32,33,35). The van der Waals surface area contributed by atoms with E-state index in [1.165, 1.54) is 19.9 Å². The van der Waals surface area contributed by atoms with Gasteiger partial charge in [-0.2, -0.15) is 23.4 Å². The van der Waals surface area contributed by atoms with Crippen LogP contribution in [0.25, 0.3) is 16.9 Å². The molecule has 1 aliphatic rings. The second-order valence-electron chi connectivity index (χ2n) is 9.49. The van der Waals surface area contributed by atoms with Crippen molar-refractivity contribution in [2.75, 3.05) is 11.9 Å². The van der Waals surface area contributed by atoms with Crippen LogP contribution in [0.5, 0.6) is 0 Å². The van der Waals surface area contributed by atoms with Crippen molar-refractivity contribution >= 4 is 22.7 Å². The van der Waals surface area contributed by atoms with Crippen LogP contribution in [0.1, 0.15) is 30.7 Å². The molecule has 0 spiro atoms. The molecule has 4 heterocycles. The number of halogens is 4. The molecule has 0 atom stereocenters. The predicted octanol–water partition coefficient (Wildman–Crippen LogP) is 3.87. The van der Waals surface area contributed by atoms with Crippen molar-refractivity contribution in [2.45, 2.75) is 44.9 Å². The lowest BCUT2D eigenvalue weighted by molar-refractivity contribution is -0.144. The van der Waals surface area contributed by atoms with Crippen molar-refractivity contribution < 1.29 is 17.6 Å². The fourth-order valence-electron chi connectivity index (χ4n) is 4.29.